The number of aliphatic imine (C=N–C) groups is 2. The maximum Gasteiger partial charge on any atom is 0.226 e. The third-order valence-corrected chi connectivity index (χ3v) is 6.46. The van der Waals surface area contributed by atoms with E-state index in [-0.39, 0.29) is 0 Å². The van der Waals surface area contributed by atoms with Gasteiger partial charge in [0.1, 0.15) is 11.6 Å². The molecule has 1 N–H and O–H groups in total. The summed E-state index contributed by atoms with van der Waals surface area (Å²) in [5.74, 6) is 2.47. The Morgan fingerprint density at radius 1 is 1.16 bits per heavy atom. The molecule has 1 aliphatic rings. The molecule has 196 valence electrons. The third-order valence-electron chi connectivity index (χ3n) is 6.46. The summed E-state index contributed by atoms with van der Waals surface area (Å²) in [5.41, 5.74) is 3.91. The van der Waals surface area contributed by atoms with Gasteiger partial charge in [0.15, 0.2) is 5.84 Å². The highest BCUT2D eigenvalue weighted by molar-refractivity contribution is 6.13. The van der Waals surface area contributed by atoms with Gasteiger partial charge in [-0.15, -0.1) is 0 Å². The van der Waals surface area contributed by atoms with Gasteiger partial charge in [-0.25, -0.2) is 9.98 Å². The Labute approximate surface area is 219 Å². The van der Waals surface area contributed by atoms with Gasteiger partial charge >= 0.3 is 0 Å². The Kier molecular flexibility index (Phi) is 9.09. The lowest BCUT2D eigenvalue weighted by molar-refractivity contribution is 0.0673. The van der Waals surface area contributed by atoms with Crippen molar-refractivity contribution in [1.29, 1.82) is 0 Å². The summed E-state index contributed by atoms with van der Waals surface area (Å²) in [6.45, 7) is 10.9. The van der Waals surface area contributed by atoms with Crippen LogP contribution in [0.3, 0.4) is 0 Å². The molecule has 0 unspecified atom stereocenters. The molecule has 0 amide bonds. The van der Waals surface area contributed by atoms with Gasteiger partial charge in [0.05, 0.1) is 19.6 Å². The maximum atomic E-state index is 6.15. The van der Waals surface area contributed by atoms with Crippen molar-refractivity contribution in [2.24, 2.45) is 9.98 Å². The van der Waals surface area contributed by atoms with E-state index in [1.807, 2.05) is 32.3 Å². The largest absolute Gasteiger partial charge is 0.442 e. The minimum absolute atomic E-state index is 0.558. The first-order valence-corrected chi connectivity index (χ1v) is 13.1. The molecular weight excluding hydrogens is 464 g/mol. The standard InChI is InChI=1S/C27H32N6O2.C2H6/c1-4-32(3)18-19-14-20-15-21(35-27(20)30-17-19)16-25(33-10-12-34-13-11-33)31-26(28-2)23-6-5-7-24-22(23)8-9-29-24;1-2/h5-9,14-15,17,29H,4,10-13,16,18H2,1-3H3;1-2H3. The molecule has 4 aromatic rings. The second kappa shape index (κ2) is 12.7. The Morgan fingerprint density at radius 3 is 2.73 bits per heavy atom. The second-order valence-electron chi connectivity index (χ2n) is 8.88. The summed E-state index contributed by atoms with van der Waals surface area (Å²) in [4.78, 5) is 22.0. The van der Waals surface area contributed by atoms with E-state index in [0.717, 1.165) is 59.6 Å². The van der Waals surface area contributed by atoms with Crippen molar-refractivity contribution in [2.75, 3.05) is 46.9 Å². The van der Waals surface area contributed by atoms with E-state index >= 15 is 0 Å². The van der Waals surface area contributed by atoms with Crippen molar-refractivity contribution in [1.82, 2.24) is 19.8 Å². The molecule has 1 fully saturated rings. The zero-order valence-electron chi connectivity index (χ0n) is 22.6. The van der Waals surface area contributed by atoms with Gasteiger partial charge < -0.3 is 23.9 Å². The topological polar surface area (TPSA) is 82.2 Å². The van der Waals surface area contributed by atoms with Gasteiger partial charge in [-0.1, -0.05) is 32.9 Å². The first-order chi connectivity index (χ1) is 18.1. The second-order valence-corrected chi connectivity index (χ2v) is 8.88. The van der Waals surface area contributed by atoms with E-state index < -0.39 is 0 Å². The van der Waals surface area contributed by atoms with Crippen molar-refractivity contribution in [3.63, 3.8) is 0 Å². The average molecular weight is 503 g/mol. The number of aromatic amines is 1. The van der Waals surface area contributed by atoms with Crippen LogP contribution in [0.1, 0.15) is 37.7 Å². The van der Waals surface area contributed by atoms with Gasteiger partial charge in [0, 0.05) is 60.9 Å². The average Bonchev–Trinajstić information content (AvgIpc) is 3.59. The lowest BCUT2D eigenvalue weighted by Gasteiger charge is -2.29. The number of nitrogens with one attached hydrogen (secondary N) is 1. The van der Waals surface area contributed by atoms with Gasteiger partial charge in [0.2, 0.25) is 5.71 Å². The zero-order valence-corrected chi connectivity index (χ0v) is 22.6. The molecular formula is C29H38N6O2. The Bertz CT molecular complexity index is 1360. The number of ether oxygens (including phenoxy) is 1. The minimum atomic E-state index is 0.558. The van der Waals surface area contributed by atoms with Crippen LogP contribution in [0.25, 0.3) is 22.0 Å². The number of aromatic nitrogens is 2. The zero-order chi connectivity index (χ0) is 26.2. The van der Waals surface area contributed by atoms with E-state index in [1.54, 1.807) is 7.05 Å². The molecule has 0 bridgehead atoms. The van der Waals surface area contributed by atoms with Gasteiger partial charge in [-0.2, -0.15) is 0 Å². The fourth-order valence-electron chi connectivity index (χ4n) is 4.46. The van der Waals surface area contributed by atoms with Crippen LogP contribution in [-0.4, -0.2) is 78.4 Å². The molecule has 0 radical (unpaired) electrons. The number of pyridine rings is 1. The molecule has 0 atom stereocenters. The van der Waals surface area contributed by atoms with Crippen molar-refractivity contribution in [3.05, 3.63) is 65.7 Å². The number of nitrogens with zero attached hydrogens (tertiary/aromatic N) is 5. The number of furan rings is 1. The minimum Gasteiger partial charge on any atom is -0.442 e. The predicted octanol–water partition coefficient (Wildman–Crippen LogP) is 5.14. The van der Waals surface area contributed by atoms with Gasteiger partial charge in [-0.05, 0) is 43.4 Å². The van der Waals surface area contributed by atoms with Crippen LogP contribution in [0, 0.1) is 0 Å². The lowest BCUT2D eigenvalue weighted by Crippen LogP contribution is -2.42. The van der Waals surface area contributed by atoms with Crippen LogP contribution < -0.4 is 0 Å². The van der Waals surface area contributed by atoms with Gasteiger partial charge in [0.25, 0.3) is 0 Å². The van der Waals surface area contributed by atoms with Crippen LogP contribution >= 0.6 is 0 Å². The number of hydrogen-bond acceptors (Lipinski definition) is 5. The number of morpholine rings is 1. The molecule has 1 aromatic carbocycles. The van der Waals surface area contributed by atoms with E-state index in [1.165, 1.54) is 5.56 Å². The summed E-state index contributed by atoms with van der Waals surface area (Å²) >= 11 is 0. The molecule has 0 aliphatic carbocycles. The Morgan fingerprint density at radius 2 is 1.97 bits per heavy atom. The summed E-state index contributed by atoms with van der Waals surface area (Å²) in [5, 5.41) is 2.13. The number of rotatable bonds is 6. The fraction of sp³-hybridized carbons (Fsp3) is 0.414. The first-order valence-electron chi connectivity index (χ1n) is 13.1. The van der Waals surface area contributed by atoms with Crippen LogP contribution in [0.5, 0.6) is 0 Å². The number of hydrogen-bond donors (Lipinski definition) is 1. The van der Waals surface area contributed by atoms with E-state index in [9.17, 15) is 0 Å². The van der Waals surface area contributed by atoms with E-state index in [2.05, 4.69) is 69.1 Å². The predicted molar refractivity (Wildman–Crippen MR) is 152 cm³/mol. The smallest absolute Gasteiger partial charge is 0.226 e. The fourth-order valence-corrected chi connectivity index (χ4v) is 4.46. The van der Waals surface area contributed by atoms with E-state index in [0.29, 0.717) is 31.2 Å². The van der Waals surface area contributed by atoms with Crippen molar-refractivity contribution in [3.8, 4) is 0 Å². The number of amidine groups is 2. The normalized spacial score (nSPS) is 14.9. The molecule has 3 aromatic heterocycles. The summed E-state index contributed by atoms with van der Waals surface area (Å²) in [6.07, 6.45) is 4.41. The highest BCUT2D eigenvalue weighted by Gasteiger charge is 2.20. The highest BCUT2D eigenvalue weighted by Crippen LogP contribution is 2.22. The molecule has 1 saturated heterocycles. The van der Waals surface area contributed by atoms with Gasteiger partial charge in [-0.3, -0.25) is 4.99 Å². The van der Waals surface area contributed by atoms with Crippen molar-refractivity contribution in [2.45, 2.75) is 33.7 Å². The maximum absolute atomic E-state index is 6.15. The van der Waals surface area contributed by atoms with Crippen molar-refractivity contribution >= 4 is 33.7 Å². The highest BCUT2D eigenvalue weighted by atomic mass is 16.5. The van der Waals surface area contributed by atoms with Crippen LogP contribution in [0.2, 0.25) is 0 Å². The SMILES string of the molecule is CC.CCN(C)Cc1cnc2oc(CC(=NC(=NC)c3cccc4[nH]ccc34)N3CCOCC3)cc2c1. The first kappa shape index (κ1) is 26.6. The molecule has 5 rings (SSSR count). The Hall–Kier alpha value is -3.49. The number of fused-ring (bicyclic) bond motifs is 2. The molecule has 4 heterocycles. The number of H-pyrrole nitrogens is 1. The molecule has 1 aliphatic heterocycles. The number of benzene rings is 1. The van der Waals surface area contributed by atoms with Crippen LogP contribution in [0.4, 0.5) is 0 Å². The molecule has 8 heteroatoms. The summed E-state index contributed by atoms with van der Waals surface area (Å²) in [7, 11) is 3.90. The van der Waals surface area contributed by atoms with E-state index in [4.69, 9.17) is 14.1 Å². The third kappa shape index (κ3) is 6.26. The Balaban J connectivity index is 0.00000156. The molecule has 37 heavy (non-hydrogen) atoms. The quantitative estimate of drug-likeness (QED) is 0.292. The summed E-state index contributed by atoms with van der Waals surface area (Å²) < 4.78 is 11.7. The monoisotopic (exact) mass is 502 g/mol. The molecule has 0 spiro atoms. The lowest BCUT2D eigenvalue weighted by atomic mass is 10.1. The molecule has 8 nitrogen and oxygen atoms in total. The molecule has 0 saturated carbocycles. The van der Waals surface area contributed by atoms with Crippen LogP contribution in [-0.2, 0) is 17.7 Å². The summed E-state index contributed by atoms with van der Waals surface area (Å²) in [6, 6.07) is 12.5. The van der Waals surface area contributed by atoms with Crippen molar-refractivity contribution < 1.29 is 9.15 Å². The van der Waals surface area contributed by atoms with Crippen LogP contribution in [0.15, 0.2) is 63.2 Å².